The number of hydrogen-bond acceptors (Lipinski definition) is 7. The van der Waals surface area contributed by atoms with Gasteiger partial charge in [0, 0.05) is 11.3 Å². The number of nitrogens with zero attached hydrogens (tertiary/aromatic N) is 2. The van der Waals surface area contributed by atoms with Crippen molar-refractivity contribution >= 4 is 46.3 Å². The van der Waals surface area contributed by atoms with Gasteiger partial charge < -0.3 is 19.5 Å². The van der Waals surface area contributed by atoms with E-state index in [4.69, 9.17) is 14.2 Å². The average Bonchev–Trinajstić information content (AvgIpc) is 2.88. The number of carbonyl (C=O) groups is 2. The second-order valence-electron chi connectivity index (χ2n) is 7.34. The van der Waals surface area contributed by atoms with Crippen LogP contribution in [0.2, 0.25) is 0 Å². The van der Waals surface area contributed by atoms with E-state index in [9.17, 15) is 14.9 Å². The van der Waals surface area contributed by atoms with Crippen LogP contribution in [-0.4, -0.2) is 32.2 Å². The number of benzene rings is 3. The number of hydrazone groups is 1. The molecule has 9 nitrogen and oxygen atoms in total. The first-order valence-corrected chi connectivity index (χ1v) is 11.8. The van der Waals surface area contributed by atoms with Crippen LogP contribution in [0.5, 0.6) is 17.2 Å². The van der Waals surface area contributed by atoms with Crippen molar-refractivity contribution in [1.29, 1.82) is 5.26 Å². The summed E-state index contributed by atoms with van der Waals surface area (Å²) in [4.78, 5) is 24.2. The van der Waals surface area contributed by atoms with Crippen molar-refractivity contribution in [3.8, 4) is 23.3 Å². The monoisotopic (exact) mass is 598 g/mol. The van der Waals surface area contributed by atoms with Gasteiger partial charge in [-0.15, -0.1) is 0 Å². The largest absolute Gasteiger partial charge is 0.497 e. The van der Waals surface area contributed by atoms with Crippen molar-refractivity contribution in [2.45, 2.75) is 13.0 Å². The van der Waals surface area contributed by atoms with Crippen molar-refractivity contribution in [1.82, 2.24) is 5.43 Å². The highest BCUT2D eigenvalue weighted by Crippen LogP contribution is 2.34. The minimum atomic E-state index is -0.560. The molecule has 0 aromatic heterocycles. The highest BCUT2D eigenvalue weighted by Gasteiger charge is 2.13. The molecule has 10 heteroatoms. The fourth-order valence-electron chi connectivity index (χ4n) is 3.10. The van der Waals surface area contributed by atoms with E-state index in [-0.39, 0.29) is 13.0 Å². The number of nitrogens with one attached hydrogen (secondary N) is 2. The maximum atomic E-state index is 12.1. The van der Waals surface area contributed by atoms with Crippen molar-refractivity contribution in [2.24, 2.45) is 5.10 Å². The second kappa shape index (κ2) is 13.1. The lowest BCUT2D eigenvalue weighted by molar-refractivity contribution is -0.126. The maximum absolute atomic E-state index is 12.1. The lowest BCUT2D eigenvalue weighted by atomic mass is 10.1. The molecule has 36 heavy (non-hydrogen) atoms. The molecule has 3 rings (SSSR count). The zero-order valence-corrected chi connectivity index (χ0v) is 21.7. The van der Waals surface area contributed by atoms with Gasteiger partial charge in [0.15, 0.2) is 11.5 Å². The van der Waals surface area contributed by atoms with Crippen LogP contribution in [0, 0.1) is 14.9 Å². The fourth-order valence-corrected chi connectivity index (χ4v) is 3.88. The van der Waals surface area contributed by atoms with Crippen LogP contribution < -0.4 is 25.0 Å². The highest BCUT2D eigenvalue weighted by atomic mass is 127. The minimum absolute atomic E-state index is 0.207. The number of rotatable bonds is 10. The summed E-state index contributed by atoms with van der Waals surface area (Å²) >= 11 is 2.11. The molecular formula is C26H23IN4O5. The van der Waals surface area contributed by atoms with Crippen LogP contribution in [0.4, 0.5) is 5.69 Å². The molecule has 0 saturated heterocycles. The molecule has 0 heterocycles. The van der Waals surface area contributed by atoms with Gasteiger partial charge in [0.25, 0.3) is 0 Å². The molecule has 0 bridgehead atoms. The minimum Gasteiger partial charge on any atom is -0.497 e. The summed E-state index contributed by atoms with van der Waals surface area (Å²) in [6, 6.07) is 19.6. The van der Waals surface area contributed by atoms with Gasteiger partial charge in [0.05, 0.1) is 35.6 Å². The summed E-state index contributed by atoms with van der Waals surface area (Å²) in [6.07, 6.45) is 1.06. The summed E-state index contributed by atoms with van der Waals surface area (Å²) in [7, 11) is 3.07. The Morgan fingerprint density at radius 3 is 2.50 bits per heavy atom. The van der Waals surface area contributed by atoms with E-state index in [1.165, 1.54) is 13.3 Å². The molecule has 0 spiro atoms. The number of amides is 2. The van der Waals surface area contributed by atoms with Gasteiger partial charge in [0.1, 0.15) is 18.8 Å². The van der Waals surface area contributed by atoms with Crippen LogP contribution in [0.25, 0.3) is 0 Å². The van der Waals surface area contributed by atoms with Gasteiger partial charge in [-0.1, -0.05) is 18.2 Å². The van der Waals surface area contributed by atoms with Crippen molar-refractivity contribution in [2.75, 3.05) is 19.5 Å². The first-order chi connectivity index (χ1) is 17.4. The van der Waals surface area contributed by atoms with E-state index >= 15 is 0 Å². The molecule has 0 fully saturated rings. The number of carbonyl (C=O) groups excluding carboxylic acids is 2. The van der Waals surface area contributed by atoms with E-state index in [0.717, 1.165) is 9.13 Å². The number of methoxy groups -OCH3 is 2. The Kier molecular flexibility index (Phi) is 9.64. The van der Waals surface area contributed by atoms with Crippen molar-refractivity contribution in [3.05, 3.63) is 80.9 Å². The van der Waals surface area contributed by atoms with Crippen molar-refractivity contribution in [3.63, 3.8) is 0 Å². The highest BCUT2D eigenvalue weighted by molar-refractivity contribution is 14.1. The maximum Gasteiger partial charge on any atom is 0.249 e. The van der Waals surface area contributed by atoms with Crippen LogP contribution in [-0.2, 0) is 16.2 Å². The zero-order chi connectivity index (χ0) is 25.9. The van der Waals surface area contributed by atoms with E-state index in [0.29, 0.717) is 34.1 Å². The predicted molar refractivity (Wildman–Crippen MR) is 143 cm³/mol. The van der Waals surface area contributed by atoms with E-state index in [1.54, 1.807) is 55.6 Å². The third-order valence-corrected chi connectivity index (χ3v) is 5.66. The molecule has 0 aliphatic heterocycles. The standard InChI is InChI=1S/C26H23IN4O5/c1-34-21-9-7-20(8-10-21)30-24(32)13-25(33)31-29-15-17-11-22(27)26(23(12-17)35-2)36-16-19-6-4-3-5-18(19)14-28/h3-12,15H,13,16H2,1-2H3,(H,30,32)(H,31,33). The van der Waals surface area contributed by atoms with Gasteiger partial charge in [-0.2, -0.15) is 10.4 Å². The van der Waals surface area contributed by atoms with E-state index in [2.05, 4.69) is 44.5 Å². The lowest BCUT2D eigenvalue weighted by Crippen LogP contribution is -2.24. The quantitative estimate of drug-likeness (QED) is 0.156. The number of hydrogen-bond donors (Lipinski definition) is 2. The van der Waals surface area contributed by atoms with Crippen LogP contribution >= 0.6 is 22.6 Å². The molecule has 0 atom stereocenters. The van der Waals surface area contributed by atoms with E-state index < -0.39 is 11.8 Å². The summed E-state index contributed by atoms with van der Waals surface area (Å²) in [6.45, 7) is 0.207. The van der Waals surface area contributed by atoms with Gasteiger partial charge in [-0.05, 0) is 70.6 Å². The van der Waals surface area contributed by atoms with Crippen molar-refractivity contribution < 1.29 is 23.8 Å². The molecule has 2 amide bonds. The Morgan fingerprint density at radius 2 is 1.81 bits per heavy atom. The van der Waals surface area contributed by atoms with Crippen LogP contribution in [0.3, 0.4) is 0 Å². The normalized spacial score (nSPS) is 10.4. The molecule has 2 N–H and O–H groups in total. The Hall–Kier alpha value is -4.11. The SMILES string of the molecule is COc1ccc(NC(=O)CC(=O)NN=Cc2cc(I)c(OCc3ccccc3C#N)c(OC)c2)cc1. The van der Waals surface area contributed by atoms with Crippen LogP contribution in [0.1, 0.15) is 23.1 Å². The third kappa shape index (κ3) is 7.44. The van der Waals surface area contributed by atoms with Gasteiger partial charge in [0.2, 0.25) is 11.8 Å². The topological polar surface area (TPSA) is 122 Å². The predicted octanol–water partition coefficient (Wildman–Crippen LogP) is 4.24. The average molecular weight is 598 g/mol. The number of halogens is 1. The fraction of sp³-hybridized carbons (Fsp3) is 0.154. The molecule has 0 saturated carbocycles. The first kappa shape index (κ1) is 26.5. The van der Waals surface area contributed by atoms with Gasteiger partial charge >= 0.3 is 0 Å². The summed E-state index contributed by atoms with van der Waals surface area (Å²) in [5.74, 6) is 0.638. The summed E-state index contributed by atoms with van der Waals surface area (Å²) in [5.41, 5.74) is 4.86. The molecular weight excluding hydrogens is 575 g/mol. The van der Waals surface area contributed by atoms with Gasteiger partial charge in [-0.25, -0.2) is 5.43 Å². The van der Waals surface area contributed by atoms with Gasteiger partial charge in [-0.3, -0.25) is 9.59 Å². The smallest absolute Gasteiger partial charge is 0.249 e. The molecule has 0 aliphatic carbocycles. The molecule has 3 aromatic rings. The second-order valence-corrected chi connectivity index (χ2v) is 8.50. The summed E-state index contributed by atoms with van der Waals surface area (Å²) < 4.78 is 17.2. The number of ether oxygens (including phenoxy) is 3. The first-order valence-electron chi connectivity index (χ1n) is 10.7. The number of nitriles is 1. The molecule has 0 aliphatic rings. The molecule has 3 aromatic carbocycles. The van der Waals surface area contributed by atoms with E-state index in [1.807, 2.05) is 12.1 Å². The summed E-state index contributed by atoms with van der Waals surface area (Å²) in [5, 5.41) is 15.8. The Balaban J connectivity index is 1.57. The number of anilines is 1. The molecule has 184 valence electrons. The third-order valence-electron chi connectivity index (χ3n) is 4.86. The van der Waals surface area contributed by atoms with Crippen LogP contribution in [0.15, 0.2) is 65.8 Å². The Bertz CT molecular complexity index is 1300. The molecule has 0 radical (unpaired) electrons. The Labute approximate surface area is 222 Å². The zero-order valence-electron chi connectivity index (χ0n) is 19.6. The molecule has 0 unspecified atom stereocenters. The lowest BCUT2D eigenvalue weighted by Gasteiger charge is -2.14. The Morgan fingerprint density at radius 1 is 1.06 bits per heavy atom.